The Labute approximate surface area is 174 Å². The third kappa shape index (κ3) is 3.73. The molecule has 1 aliphatic heterocycles. The van der Waals surface area contributed by atoms with Crippen molar-refractivity contribution in [2.45, 2.75) is 0 Å². The largest absolute Gasteiger partial charge is 0.368 e. The molecule has 1 aliphatic rings. The van der Waals surface area contributed by atoms with Crippen LogP contribution in [0.5, 0.6) is 0 Å². The lowest BCUT2D eigenvalue weighted by molar-refractivity contribution is 0.0735. The van der Waals surface area contributed by atoms with Crippen molar-refractivity contribution in [2.75, 3.05) is 31.1 Å². The third-order valence-corrected chi connectivity index (χ3v) is 5.55. The summed E-state index contributed by atoms with van der Waals surface area (Å²) < 4.78 is 1.63. The van der Waals surface area contributed by atoms with Gasteiger partial charge >= 0.3 is 0 Å². The highest BCUT2D eigenvalue weighted by atomic mass is 35.5. The molecule has 0 bridgehead atoms. The molecule has 2 heterocycles. The van der Waals surface area contributed by atoms with E-state index in [0.29, 0.717) is 29.5 Å². The van der Waals surface area contributed by atoms with Crippen molar-refractivity contribution in [3.05, 3.63) is 70.3 Å². The molecule has 0 unspecified atom stereocenters. The Balaban J connectivity index is 1.48. The first-order valence-corrected chi connectivity index (χ1v) is 9.87. The monoisotopic (exact) mass is 414 g/mol. The summed E-state index contributed by atoms with van der Waals surface area (Å²) in [7, 11) is 1.79. The number of amides is 1. The van der Waals surface area contributed by atoms with Crippen LogP contribution in [-0.4, -0.2) is 46.8 Å². The molecule has 1 aromatic heterocycles. The molecule has 3 aromatic rings. The molecule has 28 heavy (non-hydrogen) atoms. The highest BCUT2D eigenvalue weighted by molar-refractivity contribution is 6.33. The Morgan fingerprint density at radius 3 is 2.43 bits per heavy atom. The molecule has 1 amide bonds. The van der Waals surface area contributed by atoms with Crippen LogP contribution in [0.15, 0.2) is 54.6 Å². The van der Waals surface area contributed by atoms with E-state index in [1.165, 1.54) is 0 Å². The van der Waals surface area contributed by atoms with Crippen LogP contribution in [0.25, 0.3) is 11.3 Å². The number of halogens is 2. The lowest BCUT2D eigenvalue weighted by atomic mass is 10.1. The summed E-state index contributed by atoms with van der Waals surface area (Å²) in [6, 6.07) is 17.1. The number of aromatic nitrogens is 2. The average molecular weight is 415 g/mol. The van der Waals surface area contributed by atoms with E-state index in [9.17, 15) is 4.79 Å². The van der Waals surface area contributed by atoms with Crippen LogP contribution in [0.1, 0.15) is 10.5 Å². The van der Waals surface area contributed by atoms with Crippen LogP contribution >= 0.6 is 23.2 Å². The van der Waals surface area contributed by atoms with Gasteiger partial charge in [-0.15, -0.1) is 0 Å². The molecule has 1 fully saturated rings. The van der Waals surface area contributed by atoms with Crippen molar-refractivity contribution in [2.24, 2.45) is 7.05 Å². The van der Waals surface area contributed by atoms with Gasteiger partial charge < -0.3 is 9.80 Å². The van der Waals surface area contributed by atoms with Crippen molar-refractivity contribution in [3.8, 4) is 11.3 Å². The highest BCUT2D eigenvalue weighted by Gasteiger charge is 2.25. The first kappa shape index (κ1) is 18.8. The van der Waals surface area contributed by atoms with Crippen LogP contribution in [0, 0.1) is 0 Å². The van der Waals surface area contributed by atoms with Crippen molar-refractivity contribution in [3.63, 3.8) is 0 Å². The summed E-state index contributed by atoms with van der Waals surface area (Å²) in [5, 5.41) is 5.83. The van der Waals surface area contributed by atoms with Gasteiger partial charge in [-0.1, -0.05) is 47.5 Å². The Morgan fingerprint density at radius 1 is 0.964 bits per heavy atom. The Bertz CT molecular complexity index is 1010. The van der Waals surface area contributed by atoms with Gasteiger partial charge in [0.25, 0.3) is 5.91 Å². The van der Waals surface area contributed by atoms with Gasteiger partial charge in [0.15, 0.2) is 0 Å². The molecule has 0 aliphatic carbocycles. The number of hydrogen-bond donors (Lipinski definition) is 0. The number of rotatable bonds is 3. The molecule has 0 N–H and O–H groups in total. The third-order valence-electron chi connectivity index (χ3n) is 4.99. The Kier molecular flexibility index (Phi) is 5.29. The summed E-state index contributed by atoms with van der Waals surface area (Å²) in [6.07, 6.45) is 0. The normalized spacial score (nSPS) is 14.4. The maximum Gasteiger partial charge on any atom is 0.272 e. The number of benzene rings is 2. The van der Waals surface area contributed by atoms with E-state index >= 15 is 0 Å². The lowest BCUT2D eigenvalue weighted by Gasteiger charge is -2.36. The zero-order valence-electron chi connectivity index (χ0n) is 15.5. The van der Waals surface area contributed by atoms with E-state index < -0.39 is 0 Å². The minimum atomic E-state index is -0.0148. The van der Waals surface area contributed by atoms with Gasteiger partial charge in [0.1, 0.15) is 5.69 Å². The maximum atomic E-state index is 13.0. The van der Waals surface area contributed by atoms with Crippen molar-refractivity contribution >= 4 is 34.8 Å². The van der Waals surface area contributed by atoms with Crippen LogP contribution < -0.4 is 4.90 Å². The first-order chi connectivity index (χ1) is 13.5. The van der Waals surface area contributed by atoms with Crippen molar-refractivity contribution in [1.82, 2.24) is 14.7 Å². The second kappa shape index (κ2) is 7.86. The van der Waals surface area contributed by atoms with Gasteiger partial charge in [0.2, 0.25) is 0 Å². The maximum absolute atomic E-state index is 13.0. The molecule has 2 aromatic carbocycles. The summed E-state index contributed by atoms with van der Waals surface area (Å²) in [5.41, 5.74) is 3.17. The lowest BCUT2D eigenvalue weighted by Crippen LogP contribution is -2.49. The first-order valence-electron chi connectivity index (χ1n) is 9.11. The quantitative estimate of drug-likeness (QED) is 0.639. The smallest absolute Gasteiger partial charge is 0.272 e. The molecule has 1 saturated heterocycles. The van der Waals surface area contributed by atoms with Crippen molar-refractivity contribution < 1.29 is 4.79 Å². The Hall–Kier alpha value is -2.50. The zero-order valence-corrected chi connectivity index (χ0v) is 17.0. The fourth-order valence-electron chi connectivity index (χ4n) is 3.47. The van der Waals surface area contributed by atoms with Gasteiger partial charge in [-0.2, -0.15) is 5.10 Å². The van der Waals surface area contributed by atoms with E-state index in [4.69, 9.17) is 23.2 Å². The van der Waals surface area contributed by atoms with Gasteiger partial charge in [-0.25, -0.2) is 0 Å². The van der Waals surface area contributed by atoms with Crippen molar-refractivity contribution in [1.29, 1.82) is 0 Å². The topological polar surface area (TPSA) is 41.4 Å². The predicted molar refractivity (Wildman–Crippen MR) is 113 cm³/mol. The molecule has 0 saturated carbocycles. The van der Waals surface area contributed by atoms with Crippen LogP contribution in [-0.2, 0) is 7.05 Å². The van der Waals surface area contributed by atoms with Crippen LogP contribution in [0.2, 0.25) is 10.0 Å². The molecule has 144 valence electrons. The molecule has 4 rings (SSSR count). The number of piperazine rings is 1. The summed E-state index contributed by atoms with van der Waals surface area (Å²) in [5.74, 6) is -0.0148. The molecular weight excluding hydrogens is 395 g/mol. The van der Waals surface area contributed by atoms with E-state index in [2.05, 4.69) is 10.00 Å². The molecule has 0 radical (unpaired) electrons. The van der Waals surface area contributed by atoms with Crippen LogP contribution in [0.3, 0.4) is 0 Å². The second-order valence-electron chi connectivity index (χ2n) is 6.78. The van der Waals surface area contributed by atoms with Gasteiger partial charge in [-0.05, 0) is 30.3 Å². The fraction of sp³-hybridized carbons (Fsp3) is 0.238. The fourth-order valence-corrected chi connectivity index (χ4v) is 3.89. The van der Waals surface area contributed by atoms with E-state index in [1.54, 1.807) is 11.7 Å². The minimum absolute atomic E-state index is 0.0148. The SMILES string of the molecule is Cn1nc(-c2ccccc2Cl)cc1C(=O)N1CCN(c2cccc(Cl)c2)CC1. The highest BCUT2D eigenvalue weighted by Crippen LogP contribution is 2.27. The summed E-state index contributed by atoms with van der Waals surface area (Å²) >= 11 is 12.4. The summed E-state index contributed by atoms with van der Waals surface area (Å²) in [6.45, 7) is 2.83. The number of carbonyl (C=O) groups is 1. The molecule has 5 nitrogen and oxygen atoms in total. The standard InChI is InChI=1S/C21H20Cl2N4O/c1-25-20(14-19(24-25)17-7-2-3-8-18(17)23)21(28)27-11-9-26(10-12-27)16-6-4-5-15(22)13-16/h2-8,13-14H,9-12H2,1H3. The van der Waals surface area contributed by atoms with E-state index in [1.807, 2.05) is 59.5 Å². The molecule has 0 atom stereocenters. The number of carbonyl (C=O) groups excluding carboxylic acids is 1. The minimum Gasteiger partial charge on any atom is -0.368 e. The molecule has 7 heteroatoms. The molecular formula is C21H20Cl2N4O. The van der Waals surface area contributed by atoms with Gasteiger partial charge in [0.05, 0.1) is 10.7 Å². The number of anilines is 1. The average Bonchev–Trinajstić information content (AvgIpc) is 3.09. The zero-order chi connectivity index (χ0) is 19.7. The van der Waals surface area contributed by atoms with E-state index in [0.717, 1.165) is 29.4 Å². The molecule has 0 spiro atoms. The number of aryl methyl sites for hydroxylation is 1. The van der Waals surface area contributed by atoms with Gasteiger partial charge in [-0.3, -0.25) is 9.48 Å². The Morgan fingerprint density at radius 2 is 1.71 bits per heavy atom. The number of hydrogen-bond acceptors (Lipinski definition) is 3. The van der Waals surface area contributed by atoms with Gasteiger partial charge in [0, 0.05) is 49.5 Å². The van der Waals surface area contributed by atoms with Crippen LogP contribution in [0.4, 0.5) is 5.69 Å². The second-order valence-corrected chi connectivity index (χ2v) is 7.62. The number of nitrogens with zero attached hydrogens (tertiary/aromatic N) is 4. The van der Waals surface area contributed by atoms with E-state index in [-0.39, 0.29) is 5.91 Å². The summed E-state index contributed by atoms with van der Waals surface area (Å²) in [4.78, 5) is 17.2. The predicted octanol–water partition coefficient (Wildman–Crippen LogP) is 4.36.